The van der Waals surface area contributed by atoms with Gasteiger partial charge in [0.15, 0.2) is 6.29 Å². The van der Waals surface area contributed by atoms with Crippen molar-refractivity contribution in [3.05, 3.63) is 28.6 Å². The first-order chi connectivity index (χ1) is 6.49. The fourth-order valence-electron chi connectivity index (χ4n) is 1.49. The molecule has 14 heavy (non-hydrogen) atoms. The smallest absolute Gasteiger partial charge is 0.150 e. The van der Waals surface area contributed by atoms with Crippen LogP contribution >= 0.6 is 0 Å². The third-order valence-electron chi connectivity index (χ3n) is 2.35. The quantitative estimate of drug-likeness (QED) is 0.582. The summed E-state index contributed by atoms with van der Waals surface area (Å²) in [5, 5.41) is 0. The van der Waals surface area contributed by atoms with Crippen molar-refractivity contribution in [2.24, 2.45) is 0 Å². The third kappa shape index (κ3) is 1.62. The molecule has 0 unspecified atom stereocenters. The molecule has 1 rings (SSSR count). The van der Waals surface area contributed by atoms with Crippen molar-refractivity contribution in [2.75, 3.05) is 5.73 Å². The number of carbonyl (C=O) groups excluding carboxylic acids is 1. The molecule has 1 aromatic rings. The van der Waals surface area contributed by atoms with E-state index in [1.165, 1.54) is 6.07 Å². The number of rotatable bonds is 2. The fourth-order valence-corrected chi connectivity index (χ4v) is 1.49. The summed E-state index contributed by atoms with van der Waals surface area (Å²) in [5.74, 6) is -0.326. The lowest BCUT2D eigenvalue weighted by molar-refractivity contribution is 0.112. The lowest BCUT2D eigenvalue weighted by atomic mass is 9.93. The van der Waals surface area contributed by atoms with Crippen molar-refractivity contribution in [3.63, 3.8) is 0 Å². The summed E-state index contributed by atoms with van der Waals surface area (Å²) in [6.07, 6.45) is 0.688. The van der Waals surface area contributed by atoms with Gasteiger partial charge < -0.3 is 5.73 Å². The van der Waals surface area contributed by atoms with Crippen LogP contribution in [-0.2, 0) is 0 Å². The van der Waals surface area contributed by atoms with Crippen molar-refractivity contribution in [3.8, 4) is 0 Å². The zero-order valence-electron chi connectivity index (χ0n) is 8.60. The second-order valence-corrected chi connectivity index (χ2v) is 3.68. The van der Waals surface area contributed by atoms with Crippen LogP contribution in [0.4, 0.5) is 10.1 Å². The summed E-state index contributed by atoms with van der Waals surface area (Å²) in [7, 11) is 0. The maximum absolute atomic E-state index is 13.3. The van der Waals surface area contributed by atoms with Gasteiger partial charge in [-0.2, -0.15) is 0 Å². The molecule has 0 aliphatic carbocycles. The van der Waals surface area contributed by atoms with Gasteiger partial charge in [0.2, 0.25) is 0 Å². The highest BCUT2D eigenvalue weighted by Crippen LogP contribution is 2.27. The van der Waals surface area contributed by atoms with Gasteiger partial charge in [-0.3, -0.25) is 4.79 Å². The van der Waals surface area contributed by atoms with Gasteiger partial charge in [0.25, 0.3) is 0 Å². The van der Waals surface area contributed by atoms with Crippen molar-refractivity contribution in [1.29, 1.82) is 0 Å². The molecule has 0 aromatic heterocycles. The second kappa shape index (κ2) is 3.78. The minimum atomic E-state index is -0.489. The second-order valence-electron chi connectivity index (χ2n) is 3.68. The normalized spacial score (nSPS) is 10.6. The van der Waals surface area contributed by atoms with Crippen LogP contribution in [0, 0.1) is 12.7 Å². The lowest BCUT2D eigenvalue weighted by Crippen LogP contribution is -2.04. The van der Waals surface area contributed by atoms with Gasteiger partial charge in [0.05, 0.1) is 5.69 Å². The van der Waals surface area contributed by atoms with E-state index in [-0.39, 0.29) is 11.6 Å². The van der Waals surface area contributed by atoms with Gasteiger partial charge in [-0.25, -0.2) is 4.39 Å². The van der Waals surface area contributed by atoms with Gasteiger partial charge in [-0.05, 0) is 30.0 Å². The molecule has 0 aliphatic rings. The Kier molecular flexibility index (Phi) is 2.89. The van der Waals surface area contributed by atoms with Gasteiger partial charge in [-0.1, -0.05) is 13.8 Å². The molecule has 0 bridgehead atoms. The molecule has 1 aromatic carbocycles. The maximum atomic E-state index is 13.3. The number of benzene rings is 1. The summed E-state index contributed by atoms with van der Waals surface area (Å²) in [5.41, 5.74) is 7.16. The third-order valence-corrected chi connectivity index (χ3v) is 2.35. The van der Waals surface area contributed by atoms with Crippen LogP contribution in [0.1, 0.15) is 41.3 Å². The predicted molar refractivity (Wildman–Crippen MR) is 55.0 cm³/mol. The van der Waals surface area contributed by atoms with Crippen molar-refractivity contribution >= 4 is 12.0 Å². The first kappa shape index (κ1) is 10.7. The van der Waals surface area contributed by atoms with E-state index in [0.29, 0.717) is 17.4 Å². The standard InChI is InChI=1S/C11H14FNO/c1-6(2)8-4-10(13)11(12)7(3)9(8)5-14/h4-6H,13H2,1-3H3. The van der Waals surface area contributed by atoms with E-state index in [9.17, 15) is 9.18 Å². The minimum Gasteiger partial charge on any atom is -0.396 e. The highest BCUT2D eigenvalue weighted by molar-refractivity contribution is 5.81. The highest BCUT2D eigenvalue weighted by atomic mass is 19.1. The summed E-state index contributed by atoms with van der Waals surface area (Å²) in [4.78, 5) is 10.8. The van der Waals surface area contributed by atoms with Crippen molar-refractivity contribution in [1.82, 2.24) is 0 Å². The minimum absolute atomic E-state index is 0.108. The van der Waals surface area contributed by atoms with Gasteiger partial charge >= 0.3 is 0 Å². The van der Waals surface area contributed by atoms with Crippen molar-refractivity contribution < 1.29 is 9.18 Å². The topological polar surface area (TPSA) is 43.1 Å². The number of aldehydes is 1. The number of nitrogen functional groups attached to an aromatic ring is 1. The van der Waals surface area contributed by atoms with Crippen LogP contribution in [0.15, 0.2) is 6.07 Å². The fraction of sp³-hybridized carbons (Fsp3) is 0.364. The average Bonchev–Trinajstić information content (AvgIpc) is 2.13. The van der Waals surface area contributed by atoms with Crippen LogP contribution in [0.3, 0.4) is 0 Å². The molecule has 3 heteroatoms. The van der Waals surface area contributed by atoms with E-state index in [1.807, 2.05) is 13.8 Å². The van der Waals surface area contributed by atoms with Crippen LogP contribution in [0.2, 0.25) is 0 Å². The van der Waals surface area contributed by atoms with E-state index < -0.39 is 5.82 Å². The monoisotopic (exact) mass is 195 g/mol. The maximum Gasteiger partial charge on any atom is 0.150 e. The Hall–Kier alpha value is -1.38. The Bertz CT molecular complexity index is 372. The average molecular weight is 195 g/mol. The zero-order valence-corrected chi connectivity index (χ0v) is 8.60. The Morgan fingerprint density at radius 3 is 2.50 bits per heavy atom. The van der Waals surface area contributed by atoms with E-state index >= 15 is 0 Å². The molecule has 0 heterocycles. The zero-order chi connectivity index (χ0) is 10.9. The molecule has 76 valence electrons. The number of carbonyl (C=O) groups is 1. The molecule has 2 nitrogen and oxygen atoms in total. The molecule has 0 saturated carbocycles. The van der Waals surface area contributed by atoms with Crippen molar-refractivity contribution in [2.45, 2.75) is 26.7 Å². The first-order valence-corrected chi connectivity index (χ1v) is 4.52. The Labute approximate surface area is 82.9 Å². The molecule has 0 amide bonds. The van der Waals surface area contributed by atoms with E-state index in [2.05, 4.69) is 0 Å². The van der Waals surface area contributed by atoms with E-state index in [1.54, 1.807) is 6.92 Å². The van der Waals surface area contributed by atoms with Crippen LogP contribution in [0.25, 0.3) is 0 Å². The molecule has 0 fully saturated rings. The molecular formula is C11H14FNO. The lowest BCUT2D eigenvalue weighted by Gasteiger charge is -2.13. The molecular weight excluding hydrogens is 181 g/mol. The molecule has 0 spiro atoms. The number of hydrogen-bond acceptors (Lipinski definition) is 2. The summed E-state index contributed by atoms with van der Waals surface area (Å²) in [6, 6.07) is 1.54. The number of halogens is 1. The Morgan fingerprint density at radius 1 is 1.50 bits per heavy atom. The van der Waals surface area contributed by atoms with Crippen LogP contribution in [0.5, 0.6) is 0 Å². The van der Waals surface area contributed by atoms with Crippen LogP contribution in [-0.4, -0.2) is 6.29 Å². The van der Waals surface area contributed by atoms with Gasteiger partial charge in [0.1, 0.15) is 5.82 Å². The largest absolute Gasteiger partial charge is 0.396 e. The molecule has 0 atom stereocenters. The van der Waals surface area contributed by atoms with Crippen LogP contribution < -0.4 is 5.73 Å². The predicted octanol–water partition coefficient (Wildman–Crippen LogP) is 2.65. The Morgan fingerprint density at radius 2 is 2.07 bits per heavy atom. The van der Waals surface area contributed by atoms with E-state index in [0.717, 1.165) is 5.56 Å². The van der Waals surface area contributed by atoms with Gasteiger partial charge in [0, 0.05) is 5.56 Å². The molecule has 0 radical (unpaired) electrons. The SMILES string of the molecule is Cc1c(F)c(N)cc(C(C)C)c1C=O. The molecule has 0 saturated heterocycles. The number of nitrogens with two attached hydrogens (primary N) is 1. The number of anilines is 1. The molecule has 0 aliphatic heterocycles. The van der Waals surface area contributed by atoms with E-state index in [4.69, 9.17) is 5.73 Å². The number of hydrogen-bond donors (Lipinski definition) is 1. The summed E-state index contributed by atoms with van der Waals surface area (Å²) in [6.45, 7) is 5.46. The summed E-state index contributed by atoms with van der Waals surface area (Å²) < 4.78 is 13.3. The Balaban J connectivity index is 3.51. The first-order valence-electron chi connectivity index (χ1n) is 4.52. The summed E-state index contributed by atoms with van der Waals surface area (Å²) >= 11 is 0. The van der Waals surface area contributed by atoms with Gasteiger partial charge in [-0.15, -0.1) is 0 Å². The highest BCUT2D eigenvalue weighted by Gasteiger charge is 2.14. The molecule has 2 N–H and O–H groups in total.